The van der Waals surface area contributed by atoms with Crippen LogP contribution in [0.5, 0.6) is 0 Å². The Morgan fingerprint density at radius 3 is 2.82 bits per heavy atom. The first-order chi connectivity index (χ1) is 16.1. The lowest BCUT2D eigenvalue weighted by Gasteiger charge is -2.23. The Kier molecular flexibility index (Phi) is 4.84. The molecule has 0 aliphatic carbocycles. The number of para-hydroxylation sites is 1. The third-order valence-electron chi connectivity index (χ3n) is 7.36. The summed E-state index contributed by atoms with van der Waals surface area (Å²) in [7, 11) is 0. The molecule has 2 bridgehead atoms. The number of aromatic nitrogens is 1. The largest absolute Gasteiger partial charge is 0.361 e. The van der Waals surface area contributed by atoms with Crippen molar-refractivity contribution in [3.63, 3.8) is 0 Å². The molecule has 0 radical (unpaired) electrons. The van der Waals surface area contributed by atoms with E-state index in [0.717, 1.165) is 18.4 Å². The summed E-state index contributed by atoms with van der Waals surface area (Å²) < 4.78 is 6.24. The summed E-state index contributed by atoms with van der Waals surface area (Å²) in [6, 6.07) is 18.3. The second kappa shape index (κ2) is 7.89. The van der Waals surface area contributed by atoms with E-state index >= 15 is 0 Å². The number of carbonyl (C=O) groups is 2. The minimum atomic E-state index is -0.655. The smallest absolute Gasteiger partial charge is 0.230 e. The second-order valence-corrected chi connectivity index (χ2v) is 9.30. The third kappa shape index (κ3) is 3.37. The molecule has 4 atom stereocenters. The fourth-order valence-electron chi connectivity index (χ4n) is 5.75. The number of ether oxygens (including phenoxy) is 1. The van der Waals surface area contributed by atoms with E-state index in [0.29, 0.717) is 19.6 Å². The van der Waals surface area contributed by atoms with Gasteiger partial charge in [-0.1, -0.05) is 60.7 Å². The molecule has 168 valence electrons. The summed E-state index contributed by atoms with van der Waals surface area (Å²) in [5.41, 5.74) is 2.82. The van der Waals surface area contributed by atoms with E-state index in [1.807, 2.05) is 59.6 Å². The van der Waals surface area contributed by atoms with Crippen LogP contribution >= 0.6 is 0 Å². The van der Waals surface area contributed by atoms with Gasteiger partial charge >= 0.3 is 0 Å². The highest BCUT2D eigenvalue weighted by Gasteiger charge is 2.66. The second-order valence-electron chi connectivity index (χ2n) is 9.30. The predicted octanol–water partition coefficient (Wildman–Crippen LogP) is 2.85. The molecule has 3 aliphatic rings. The molecule has 3 aromatic rings. The van der Waals surface area contributed by atoms with Crippen LogP contribution in [0.2, 0.25) is 0 Å². The number of carbonyl (C=O) groups excluding carboxylic acids is 2. The number of amides is 2. The minimum Gasteiger partial charge on any atom is -0.361 e. The monoisotopic (exact) mass is 441 g/mol. The SMILES string of the molecule is O=C(NCCc1c[nH]c2ccccc12)[C@@H]1[C@H]2C=C[C@@]3(CN(CCc4ccccc4)C(=O)[C@@H]13)O2. The Labute approximate surface area is 192 Å². The molecule has 2 aromatic carbocycles. The summed E-state index contributed by atoms with van der Waals surface area (Å²) in [5.74, 6) is -0.951. The first-order valence-electron chi connectivity index (χ1n) is 11.7. The predicted molar refractivity (Wildman–Crippen MR) is 125 cm³/mol. The van der Waals surface area contributed by atoms with E-state index in [4.69, 9.17) is 4.74 Å². The summed E-state index contributed by atoms with van der Waals surface area (Å²) in [4.78, 5) is 31.7. The van der Waals surface area contributed by atoms with Crippen molar-refractivity contribution in [3.8, 4) is 0 Å². The quantitative estimate of drug-likeness (QED) is 0.554. The maximum atomic E-state index is 13.3. The zero-order valence-corrected chi connectivity index (χ0v) is 18.4. The van der Waals surface area contributed by atoms with Crippen LogP contribution < -0.4 is 5.32 Å². The first kappa shape index (κ1) is 20.2. The fraction of sp³-hybridized carbons (Fsp3) is 0.333. The van der Waals surface area contributed by atoms with Crippen LogP contribution in [0.3, 0.4) is 0 Å². The molecule has 1 aromatic heterocycles. The topological polar surface area (TPSA) is 74.4 Å². The van der Waals surface area contributed by atoms with Crippen molar-refractivity contribution in [1.29, 1.82) is 0 Å². The van der Waals surface area contributed by atoms with Crippen LogP contribution in [-0.4, -0.2) is 53.0 Å². The summed E-state index contributed by atoms with van der Waals surface area (Å²) in [6.07, 6.45) is 7.19. The average Bonchev–Trinajstić information content (AvgIpc) is 3.58. The number of nitrogens with one attached hydrogen (secondary N) is 2. The normalized spacial score (nSPS) is 27.5. The van der Waals surface area contributed by atoms with E-state index in [-0.39, 0.29) is 17.9 Å². The number of nitrogens with zero attached hydrogens (tertiary/aromatic N) is 1. The van der Waals surface area contributed by atoms with Crippen molar-refractivity contribution in [3.05, 3.63) is 84.1 Å². The lowest BCUT2D eigenvalue weighted by atomic mass is 9.77. The van der Waals surface area contributed by atoms with Crippen LogP contribution in [0.4, 0.5) is 0 Å². The Hall–Kier alpha value is -3.38. The highest BCUT2D eigenvalue weighted by Crippen LogP contribution is 2.51. The van der Waals surface area contributed by atoms with Crippen LogP contribution in [-0.2, 0) is 27.2 Å². The Balaban J connectivity index is 1.11. The molecule has 2 amide bonds. The van der Waals surface area contributed by atoms with Gasteiger partial charge in [0, 0.05) is 30.2 Å². The molecule has 6 nitrogen and oxygen atoms in total. The minimum absolute atomic E-state index is 0.0366. The molecule has 33 heavy (non-hydrogen) atoms. The molecule has 2 fully saturated rings. The number of H-pyrrole nitrogens is 1. The first-order valence-corrected chi connectivity index (χ1v) is 11.7. The Bertz CT molecular complexity index is 1230. The van der Waals surface area contributed by atoms with E-state index < -0.39 is 17.4 Å². The number of rotatable bonds is 7. The van der Waals surface area contributed by atoms with Crippen molar-refractivity contribution in [2.24, 2.45) is 11.8 Å². The molecular weight excluding hydrogens is 414 g/mol. The Morgan fingerprint density at radius 2 is 1.94 bits per heavy atom. The number of likely N-dealkylation sites (tertiary alicyclic amines) is 1. The van der Waals surface area contributed by atoms with Crippen molar-refractivity contribution >= 4 is 22.7 Å². The average molecular weight is 442 g/mol. The molecule has 4 heterocycles. The van der Waals surface area contributed by atoms with Gasteiger partial charge in [-0.2, -0.15) is 0 Å². The molecule has 1 spiro atoms. The lowest BCUT2D eigenvalue weighted by Crippen LogP contribution is -2.44. The number of hydrogen-bond donors (Lipinski definition) is 2. The molecule has 0 unspecified atom stereocenters. The van der Waals surface area contributed by atoms with Gasteiger partial charge in [-0.15, -0.1) is 0 Å². The molecular formula is C27H27N3O3. The van der Waals surface area contributed by atoms with Gasteiger partial charge in [-0.05, 0) is 30.0 Å². The van der Waals surface area contributed by atoms with Gasteiger partial charge in [-0.3, -0.25) is 9.59 Å². The number of hydrogen-bond acceptors (Lipinski definition) is 3. The molecule has 6 rings (SSSR count). The zero-order chi connectivity index (χ0) is 22.4. The van der Waals surface area contributed by atoms with Gasteiger partial charge in [-0.25, -0.2) is 0 Å². The molecule has 0 saturated carbocycles. The summed E-state index contributed by atoms with van der Waals surface area (Å²) in [6.45, 7) is 1.69. The third-order valence-corrected chi connectivity index (χ3v) is 7.36. The molecule has 6 heteroatoms. The van der Waals surface area contributed by atoms with Crippen LogP contribution in [0.1, 0.15) is 11.1 Å². The summed E-state index contributed by atoms with van der Waals surface area (Å²) >= 11 is 0. The van der Waals surface area contributed by atoms with Crippen molar-refractivity contribution in [2.45, 2.75) is 24.5 Å². The highest BCUT2D eigenvalue weighted by molar-refractivity contribution is 5.93. The Morgan fingerprint density at radius 1 is 1.12 bits per heavy atom. The van der Waals surface area contributed by atoms with Gasteiger partial charge in [0.25, 0.3) is 0 Å². The van der Waals surface area contributed by atoms with Gasteiger partial charge in [0.15, 0.2) is 0 Å². The maximum absolute atomic E-state index is 13.3. The molecule has 3 aliphatic heterocycles. The van der Waals surface area contributed by atoms with Crippen molar-refractivity contribution < 1.29 is 14.3 Å². The zero-order valence-electron chi connectivity index (χ0n) is 18.4. The lowest BCUT2D eigenvalue weighted by molar-refractivity contribution is -0.137. The van der Waals surface area contributed by atoms with E-state index in [1.165, 1.54) is 16.5 Å². The highest BCUT2D eigenvalue weighted by atomic mass is 16.5. The van der Waals surface area contributed by atoms with Gasteiger partial charge in [0.2, 0.25) is 11.8 Å². The van der Waals surface area contributed by atoms with Crippen molar-refractivity contribution in [2.75, 3.05) is 19.6 Å². The van der Waals surface area contributed by atoms with Gasteiger partial charge < -0.3 is 19.9 Å². The van der Waals surface area contributed by atoms with Crippen LogP contribution in [0.25, 0.3) is 10.9 Å². The number of fused-ring (bicyclic) bond motifs is 2. The van der Waals surface area contributed by atoms with Gasteiger partial charge in [0.05, 0.1) is 24.5 Å². The molecule has 2 saturated heterocycles. The van der Waals surface area contributed by atoms with Crippen molar-refractivity contribution in [1.82, 2.24) is 15.2 Å². The van der Waals surface area contributed by atoms with Crippen LogP contribution in [0, 0.1) is 11.8 Å². The molecule has 2 N–H and O–H groups in total. The van der Waals surface area contributed by atoms with Gasteiger partial charge in [0.1, 0.15) is 5.60 Å². The fourth-order valence-corrected chi connectivity index (χ4v) is 5.75. The maximum Gasteiger partial charge on any atom is 0.230 e. The number of aromatic amines is 1. The van der Waals surface area contributed by atoms with Crippen LogP contribution in [0.15, 0.2) is 72.9 Å². The van der Waals surface area contributed by atoms with E-state index in [2.05, 4.69) is 28.5 Å². The summed E-state index contributed by atoms with van der Waals surface area (Å²) in [5, 5.41) is 4.26. The van der Waals surface area contributed by atoms with E-state index in [9.17, 15) is 9.59 Å². The standard InChI is InChI=1S/C27H27N3O3/c31-25(28-14-11-19-16-29-21-9-5-4-8-20(19)21)23-22-10-13-27(33-22)17-30(26(32)24(23)27)15-12-18-6-2-1-3-7-18/h1-10,13,16,22-24,29H,11-12,14-15,17H2,(H,28,31)/t22-,23-,24-,27+/m1/s1. The number of benzene rings is 2. The van der Waals surface area contributed by atoms with E-state index in [1.54, 1.807) is 0 Å².